The van der Waals surface area contributed by atoms with Gasteiger partial charge in [-0.1, -0.05) is 81.6 Å². The summed E-state index contributed by atoms with van der Waals surface area (Å²) in [4.78, 5) is 12.7. The summed E-state index contributed by atoms with van der Waals surface area (Å²) in [5, 5.41) is 1.86. The van der Waals surface area contributed by atoms with Crippen molar-refractivity contribution in [3.63, 3.8) is 0 Å². The molecule has 0 saturated carbocycles. The van der Waals surface area contributed by atoms with Gasteiger partial charge in [-0.3, -0.25) is 0 Å². The van der Waals surface area contributed by atoms with Gasteiger partial charge in [0.15, 0.2) is 11.4 Å². The van der Waals surface area contributed by atoms with Crippen molar-refractivity contribution in [2.24, 2.45) is 0 Å². The molecule has 0 unspecified atom stereocenters. The van der Waals surface area contributed by atoms with Crippen LogP contribution < -0.4 is 5.63 Å². The second-order valence-corrected chi connectivity index (χ2v) is 8.32. The van der Waals surface area contributed by atoms with Crippen molar-refractivity contribution in [2.75, 3.05) is 0 Å². The molecule has 0 aliphatic rings. The minimum absolute atomic E-state index is 0.0651. The summed E-state index contributed by atoms with van der Waals surface area (Å²) >= 11 is 0. The molecule has 0 bridgehead atoms. The van der Waals surface area contributed by atoms with Gasteiger partial charge in [-0.15, -0.1) is 0 Å². The molecule has 0 spiro atoms. The molecule has 0 fully saturated rings. The maximum Gasteiger partial charge on any atom is 0.344 e. The SMILES string of the molecule is CCCCCc1ccc(-c2ccc3c(c2)c(=O)oc2c(F)c(CCCC)ccc23)cc1. The number of benzene rings is 3. The Labute approximate surface area is 182 Å². The van der Waals surface area contributed by atoms with Gasteiger partial charge in [-0.2, -0.15) is 0 Å². The number of unbranched alkanes of at least 4 members (excludes halogenated alkanes) is 3. The molecule has 160 valence electrons. The number of hydrogen-bond acceptors (Lipinski definition) is 2. The van der Waals surface area contributed by atoms with Gasteiger partial charge in [0.1, 0.15) is 0 Å². The standard InChI is InChI=1S/C28H29FO2/c1-3-5-7-8-19-10-12-20(13-11-19)22-15-16-23-24-17-14-21(9-6-4-2)26(29)27(24)31-28(30)25(23)18-22/h10-18H,3-9H2,1-2H3. The van der Waals surface area contributed by atoms with Gasteiger partial charge in [0.05, 0.1) is 5.39 Å². The first-order valence-corrected chi connectivity index (χ1v) is 11.4. The Morgan fingerprint density at radius 1 is 0.742 bits per heavy atom. The van der Waals surface area contributed by atoms with Crippen LogP contribution in [0, 0.1) is 5.82 Å². The van der Waals surface area contributed by atoms with Crippen LogP contribution in [0.15, 0.2) is 63.8 Å². The van der Waals surface area contributed by atoms with Crippen molar-refractivity contribution in [3.8, 4) is 11.1 Å². The van der Waals surface area contributed by atoms with E-state index in [4.69, 9.17) is 4.42 Å². The van der Waals surface area contributed by atoms with Crippen LogP contribution in [0.5, 0.6) is 0 Å². The maximum absolute atomic E-state index is 15.0. The molecule has 1 aromatic heterocycles. The van der Waals surface area contributed by atoms with E-state index in [0.29, 0.717) is 22.8 Å². The van der Waals surface area contributed by atoms with E-state index >= 15 is 0 Å². The molecule has 4 rings (SSSR count). The first-order valence-electron chi connectivity index (χ1n) is 11.4. The zero-order valence-electron chi connectivity index (χ0n) is 18.3. The van der Waals surface area contributed by atoms with Crippen LogP contribution in [0.1, 0.15) is 57.1 Å². The van der Waals surface area contributed by atoms with Gasteiger partial charge in [-0.05, 0) is 54.0 Å². The van der Waals surface area contributed by atoms with E-state index in [1.165, 1.54) is 24.8 Å². The van der Waals surface area contributed by atoms with E-state index in [2.05, 4.69) is 38.1 Å². The second-order valence-electron chi connectivity index (χ2n) is 8.32. The van der Waals surface area contributed by atoms with Crippen molar-refractivity contribution in [1.29, 1.82) is 0 Å². The lowest BCUT2D eigenvalue weighted by Crippen LogP contribution is -2.02. The van der Waals surface area contributed by atoms with Crippen molar-refractivity contribution in [1.82, 2.24) is 0 Å². The molecule has 3 heteroatoms. The van der Waals surface area contributed by atoms with Crippen LogP contribution in [0.25, 0.3) is 32.9 Å². The maximum atomic E-state index is 15.0. The highest BCUT2D eigenvalue weighted by Crippen LogP contribution is 2.30. The number of rotatable bonds is 8. The van der Waals surface area contributed by atoms with Crippen LogP contribution in [-0.4, -0.2) is 0 Å². The lowest BCUT2D eigenvalue weighted by Gasteiger charge is -2.09. The van der Waals surface area contributed by atoms with E-state index in [-0.39, 0.29) is 5.58 Å². The quantitative estimate of drug-likeness (QED) is 0.166. The fraction of sp³-hybridized carbons (Fsp3) is 0.321. The lowest BCUT2D eigenvalue weighted by molar-refractivity contribution is 0.523. The van der Waals surface area contributed by atoms with E-state index in [0.717, 1.165) is 35.8 Å². The summed E-state index contributed by atoms with van der Waals surface area (Å²) in [5.74, 6) is -0.410. The van der Waals surface area contributed by atoms with Gasteiger partial charge in [0, 0.05) is 10.8 Å². The molecule has 4 aromatic rings. The molecule has 0 N–H and O–H groups in total. The first kappa shape index (κ1) is 21.3. The average Bonchev–Trinajstić information content (AvgIpc) is 2.80. The van der Waals surface area contributed by atoms with Crippen molar-refractivity contribution in [3.05, 3.63) is 82.0 Å². The van der Waals surface area contributed by atoms with Crippen LogP contribution in [0.2, 0.25) is 0 Å². The topological polar surface area (TPSA) is 30.2 Å². The molecule has 0 aliphatic carbocycles. The number of halogens is 1. The van der Waals surface area contributed by atoms with Gasteiger partial charge < -0.3 is 4.42 Å². The predicted octanol–water partition coefficient (Wildman–Crippen LogP) is 7.83. The Morgan fingerprint density at radius 3 is 2.19 bits per heavy atom. The third kappa shape index (κ3) is 4.41. The molecule has 0 radical (unpaired) electrons. The van der Waals surface area contributed by atoms with Crippen LogP contribution in [0.3, 0.4) is 0 Å². The summed E-state index contributed by atoms with van der Waals surface area (Å²) in [6.07, 6.45) is 7.30. The molecule has 0 aliphatic heterocycles. The number of fused-ring (bicyclic) bond motifs is 3. The van der Waals surface area contributed by atoms with Crippen molar-refractivity contribution < 1.29 is 8.81 Å². The summed E-state index contributed by atoms with van der Waals surface area (Å²) in [6, 6.07) is 18.0. The Hall–Kier alpha value is -2.94. The highest BCUT2D eigenvalue weighted by molar-refractivity contribution is 6.05. The van der Waals surface area contributed by atoms with E-state index in [1.807, 2.05) is 30.3 Å². The Bertz CT molecular complexity index is 1250. The Morgan fingerprint density at radius 2 is 1.45 bits per heavy atom. The average molecular weight is 417 g/mol. The fourth-order valence-electron chi connectivity index (χ4n) is 4.19. The van der Waals surface area contributed by atoms with E-state index in [9.17, 15) is 9.18 Å². The van der Waals surface area contributed by atoms with Gasteiger partial charge >= 0.3 is 5.63 Å². The van der Waals surface area contributed by atoms with Gasteiger partial charge in [-0.25, -0.2) is 9.18 Å². The zero-order chi connectivity index (χ0) is 21.8. The molecule has 2 nitrogen and oxygen atoms in total. The third-order valence-corrected chi connectivity index (χ3v) is 6.06. The monoisotopic (exact) mass is 416 g/mol. The molecule has 3 aromatic carbocycles. The molecule has 0 amide bonds. The van der Waals surface area contributed by atoms with Crippen molar-refractivity contribution in [2.45, 2.75) is 58.8 Å². The summed E-state index contributed by atoms with van der Waals surface area (Å²) in [7, 11) is 0. The van der Waals surface area contributed by atoms with E-state index in [1.54, 1.807) is 0 Å². The molecular formula is C28H29FO2. The minimum atomic E-state index is -0.493. The third-order valence-electron chi connectivity index (χ3n) is 6.06. The summed E-state index contributed by atoms with van der Waals surface area (Å²) in [5.41, 5.74) is 3.52. The molecule has 31 heavy (non-hydrogen) atoms. The smallest absolute Gasteiger partial charge is 0.344 e. The van der Waals surface area contributed by atoms with E-state index < -0.39 is 11.4 Å². The predicted molar refractivity (Wildman–Crippen MR) is 127 cm³/mol. The fourth-order valence-corrected chi connectivity index (χ4v) is 4.19. The summed E-state index contributed by atoms with van der Waals surface area (Å²) < 4.78 is 20.4. The molecule has 0 saturated heterocycles. The van der Waals surface area contributed by atoms with Crippen LogP contribution >= 0.6 is 0 Å². The number of hydrogen-bond donors (Lipinski definition) is 0. The zero-order valence-corrected chi connectivity index (χ0v) is 18.3. The normalized spacial score (nSPS) is 11.5. The lowest BCUT2D eigenvalue weighted by atomic mass is 9.97. The summed E-state index contributed by atoms with van der Waals surface area (Å²) in [6.45, 7) is 4.28. The first-order chi connectivity index (χ1) is 15.1. The molecule has 0 atom stereocenters. The highest BCUT2D eigenvalue weighted by Gasteiger charge is 2.15. The largest absolute Gasteiger partial charge is 0.419 e. The highest BCUT2D eigenvalue weighted by atomic mass is 19.1. The van der Waals surface area contributed by atoms with Crippen LogP contribution in [0.4, 0.5) is 4.39 Å². The van der Waals surface area contributed by atoms with Gasteiger partial charge in [0.25, 0.3) is 0 Å². The Kier molecular flexibility index (Phi) is 6.50. The second kappa shape index (κ2) is 9.47. The molecule has 1 heterocycles. The molecular weight excluding hydrogens is 387 g/mol. The minimum Gasteiger partial charge on any atom is -0.419 e. The van der Waals surface area contributed by atoms with Gasteiger partial charge in [0.2, 0.25) is 0 Å². The Balaban J connectivity index is 1.72. The van der Waals surface area contributed by atoms with Crippen LogP contribution in [-0.2, 0) is 12.8 Å². The van der Waals surface area contributed by atoms with Crippen molar-refractivity contribution >= 4 is 21.7 Å². The number of aryl methyl sites for hydroxylation is 2.